The van der Waals surface area contributed by atoms with E-state index in [9.17, 15) is 48.9 Å². The summed E-state index contributed by atoms with van der Waals surface area (Å²) in [6.45, 7) is 1.59. The molecule has 6 atom stereocenters. The van der Waals surface area contributed by atoms with Crippen LogP contribution in [0.25, 0.3) is 0 Å². The number of benzene rings is 3. The number of aromatic hydroxyl groups is 1. The van der Waals surface area contributed by atoms with Crippen LogP contribution in [-0.4, -0.2) is 52.7 Å². The molecule has 2 aliphatic heterocycles. The van der Waals surface area contributed by atoms with Crippen LogP contribution in [0, 0.1) is 55.1 Å². The maximum absolute atomic E-state index is 14.9. The number of hydrogen-bond acceptors (Lipinski definition) is 10. The molecule has 4 amide bonds. The van der Waals surface area contributed by atoms with E-state index in [1.807, 2.05) is 0 Å². The molecule has 2 saturated heterocycles. The van der Waals surface area contributed by atoms with Gasteiger partial charge in [0.1, 0.15) is 0 Å². The number of para-hydroxylation sites is 2. The lowest BCUT2D eigenvalue weighted by molar-refractivity contribution is -0.392. The Morgan fingerprint density at radius 2 is 1.50 bits per heavy atom. The average Bonchev–Trinajstić information content (AvgIpc) is 3.45. The predicted molar refractivity (Wildman–Crippen MR) is 176 cm³/mol. The molecule has 0 unspecified atom stereocenters. The molecule has 0 aromatic heterocycles. The summed E-state index contributed by atoms with van der Waals surface area (Å²) in [5.74, 6) is -9.37. The molecule has 2 aliphatic carbocycles. The summed E-state index contributed by atoms with van der Waals surface area (Å²) in [6, 6.07) is 14.1. The fourth-order valence-electron chi connectivity index (χ4n) is 8.66. The summed E-state index contributed by atoms with van der Waals surface area (Å²) in [5.41, 5.74) is -2.71. The first kappa shape index (κ1) is 32.6. The van der Waals surface area contributed by atoms with Crippen molar-refractivity contribution in [3.8, 4) is 5.75 Å². The van der Waals surface area contributed by atoms with Crippen LogP contribution in [0.15, 0.2) is 72.3 Å². The van der Waals surface area contributed by atoms with Gasteiger partial charge < -0.3 is 10.0 Å². The molecule has 3 aromatic rings. The monoisotopic (exact) mass is 683 g/mol. The molecule has 15 heteroatoms. The number of anilines is 3. The van der Waals surface area contributed by atoms with Gasteiger partial charge in [-0.25, -0.2) is 14.2 Å². The number of halogens is 1. The summed E-state index contributed by atoms with van der Waals surface area (Å²) >= 11 is 0. The van der Waals surface area contributed by atoms with Crippen LogP contribution >= 0.6 is 0 Å². The van der Waals surface area contributed by atoms with E-state index in [4.69, 9.17) is 0 Å². The maximum Gasteiger partial charge on any atom is 0.301 e. The van der Waals surface area contributed by atoms with E-state index in [1.54, 1.807) is 43.3 Å². The first-order valence-electron chi connectivity index (χ1n) is 15.8. The molecule has 3 fully saturated rings. The normalized spacial score (nSPS) is 27.1. The fraction of sp³-hybridized carbons (Fsp3) is 0.314. The molecular formula is C35H30FN5O9. The zero-order valence-electron chi connectivity index (χ0n) is 27.0. The van der Waals surface area contributed by atoms with E-state index in [0.29, 0.717) is 11.3 Å². The minimum atomic E-state index is -1.53. The molecule has 1 saturated carbocycles. The Kier molecular flexibility index (Phi) is 7.35. The highest BCUT2D eigenvalue weighted by atomic mass is 19.1. The number of nitrogens with zero attached hydrogens (tertiary/aromatic N) is 5. The number of nitro groups is 2. The summed E-state index contributed by atoms with van der Waals surface area (Å²) in [4.78, 5) is 82.5. The van der Waals surface area contributed by atoms with Crippen molar-refractivity contribution in [2.24, 2.45) is 29.1 Å². The van der Waals surface area contributed by atoms with Gasteiger partial charge in [-0.3, -0.25) is 39.4 Å². The van der Waals surface area contributed by atoms with E-state index < -0.39 is 91.4 Å². The van der Waals surface area contributed by atoms with E-state index >= 15 is 0 Å². The SMILES string of the molecule is CN(C)c1c([N+](=O)[O-])cc(N2C(=O)[C@H]3[C@H](CC=C4[C@H]3C[C@H]3C(=O)N(c5ccccc5)C(=O)[C@@]3(C)[C@H]4c3cccc(F)c3O)C2=O)cc1[N+](=O)[O-]. The number of fused-ring (bicyclic) bond motifs is 4. The lowest BCUT2D eigenvalue weighted by Crippen LogP contribution is -2.49. The second-order valence-electron chi connectivity index (χ2n) is 13.4. The highest BCUT2D eigenvalue weighted by Crippen LogP contribution is 2.64. The molecule has 0 radical (unpaired) electrons. The number of amides is 4. The highest BCUT2D eigenvalue weighted by molar-refractivity contribution is 6.25. The summed E-state index contributed by atoms with van der Waals surface area (Å²) in [7, 11) is 2.78. The fourth-order valence-corrected chi connectivity index (χ4v) is 8.66. The topological polar surface area (TPSA) is 185 Å². The minimum Gasteiger partial charge on any atom is -0.505 e. The molecule has 2 heterocycles. The third kappa shape index (κ3) is 4.38. The number of carbonyl (C=O) groups excluding carboxylic acids is 4. The van der Waals surface area contributed by atoms with Crippen LogP contribution in [0.5, 0.6) is 5.75 Å². The standard InChI is InChI=1S/C35H30FN5O9/c1-35-23(32(44)39(34(35)46)17-8-5-4-6-9-17)16-22-19(28(35)21-10-7-11-24(36)30(21)42)12-13-20-27(22)33(45)38(31(20)43)18-14-25(40(47)48)29(37(2)3)26(15-18)41(49)50/h4-12,14-15,20,22-23,27-28,42H,13,16H2,1-3H3/t20-,22+,23-,27-,28+,35+/m0/s1. The van der Waals surface area contributed by atoms with E-state index in [2.05, 4.69) is 0 Å². The molecule has 0 spiro atoms. The van der Waals surface area contributed by atoms with Crippen molar-refractivity contribution in [2.75, 3.05) is 28.8 Å². The number of imide groups is 2. The van der Waals surface area contributed by atoms with Gasteiger partial charge in [-0.05, 0) is 43.9 Å². The van der Waals surface area contributed by atoms with Crippen LogP contribution in [0.4, 0.5) is 32.8 Å². The second kappa shape index (κ2) is 11.3. The van der Waals surface area contributed by atoms with Crippen molar-refractivity contribution >= 4 is 52.1 Å². The molecule has 256 valence electrons. The van der Waals surface area contributed by atoms with Gasteiger partial charge in [-0.1, -0.05) is 42.0 Å². The quantitative estimate of drug-likeness (QED) is 0.163. The number of allylic oxidation sites excluding steroid dienone is 2. The Labute approximate surface area is 283 Å². The smallest absolute Gasteiger partial charge is 0.301 e. The second-order valence-corrected chi connectivity index (χ2v) is 13.4. The van der Waals surface area contributed by atoms with E-state index in [0.717, 1.165) is 28.0 Å². The zero-order chi connectivity index (χ0) is 36.0. The van der Waals surface area contributed by atoms with Crippen molar-refractivity contribution < 1.29 is 38.5 Å². The third-order valence-corrected chi connectivity index (χ3v) is 10.8. The predicted octanol–water partition coefficient (Wildman–Crippen LogP) is 4.85. The molecule has 4 aliphatic rings. The van der Waals surface area contributed by atoms with Crippen molar-refractivity contribution in [1.82, 2.24) is 0 Å². The number of phenols is 1. The van der Waals surface area contributed by atoms with Crippen molar-refractivity contribution in [3.05, 3.63) is 104 Å². The van der Waals surface area contributed by atoms with Crippen LogP contribution in [-0.2, 0) is 19.2 Å². The van der Waals surface area contributed by atoms with Gasteiger partial charge in [0.25, 0.3) is 0 Å². The summed E-state index contributed by atoms with van der Waals surface area (Å²) in [5, 5.41) is 35.2. The Morgan fingerprint density at radius 1 is 0.860 bits per heavy atom. The van der Waals surface area contributed by atoms with Gasteiger partial charge in [-0.15, -0.1) is 0 Å². The molecular weight excluding hydrogens is 653 g/mol. The Hall–Kier alpha value is -5.99. The lowest BCUT2D eigenvalue weighted by Gasteiger charge is -2.49. The molecule has 7 rings (SSSR count). The van der Waals surface area contributed by atoms with E-state index in [1.165, 1.54) is 31.1 Å². The Balaban J connectivity index is 1.37. The van der Waals surface area contributed by atoms with Crippen molar-refractivity contribution in [3.63, 3.8) is 0 Å². The molecule has 0 bridgehead atoms. The number of phenolic OH excluding ortho intramolecular Hbond substituents is 1. The molecule has 1 N–H and O–H groups in total. The Bertz CT molecular complexity index is 2050. The number of nitro benzene ring substituents is 2. The molecule has 3 aromatic carbocycles. The average molecular weight is 684 g/mol. The van der Waals surface area contributed by atoms with Gasteiger partial charge in [0, 0.05) is 37.7 Å². The highest BCUT2D eigenvalue weighted by Gasteiger charge is 2.68. The first-order chi connectivity index (χ1) is 23.7. The molecule has 14 nitrogen and oxygen atoms in total. The third-order valence-electron chi connectivity index (χ3n) is 10.8. The van der Waals surface area contributed by atoms with Crippen LogP contribution < -0.4 is 14.7 Å². The summed E-state index contributed by atoms with van der Waals surface area (Å²) < 4.78 is 14.9. The lowest BCUT2D eigenvalue weighted by atomic mass is 9.51. The minimum absolute atomic E-state index is 0.0185. The number of rotatable bonds is 6. The number of carbonyl (C=O) groups is 4. The van der Waals surface area contributed by atoms with Gasteiger partial charge in [-0.2, -0.15) is 0 Å². The zero-order valence-corrected chi connectivity index (χ0v) is 27.0. The van der Waals surface area contributed by atoms with Gasteiger partial charge in [0.05, 0.1) is 44.4 Å². The maximum atomic E-state index is 14.9. The van der Waals surface area contributed by atoms with Crippen LogP contribution in [0.3, 0.4) is 0 Å². The first-order valence-corrected chi connectivity index (χ1v) is 15.8. The van der Waals surface area contributed by atoms with Crippen LogP contribution in [0.1, 0.15) is 31.2 Å². The summed E-state index contributed by atoms with van der Waals surface area (Å²) in [6.07, 6.45) is 1.63. The van der Waals surface area contributed by atoms with E-state index in [-0.39, 0.29) is 29.8 Å². The number of hydrogen-bond donors (Lipinski definition) is 1. The molecule has 50 heavy (non-hydrogen) atoms. The van der Waals surface area contributed by atoms with Gasteiger partial charge in [0.2, 0.25) is 23.6 Å². The van der Waals surface area contributed by atoms with Gasteiger partial charge in [0.15, 0.2) is 17.3 Å². The van der Waals surface area contributed by atoms with Crippen molar-refractivity contribution in [1.29, 1.82) is 0 Å². The van der Waals surface area contributed by atoms with Gasteiger partial charge >= 0.3 is 11.4 Å². The van der Waals surface area contributed by atoms with Crippen LogP contribution in [0.2, 0.25) is 0 Å². The van der Waals surface area contributed by atoms with Crippen molar-refractivity contribution in [2.45, 2.75) is 25.7 Å². The Morgan fingerprint density at radius 3 is 2.10 bits per heavy atom. The largest absolute Gasteiger partial charge is 0.505 e.